The van der Waals surface area contributed by atoms with Gasteiger partial charge < -0.3 is 4.42 Å². The Balaban J connectivity index is 2.33. The van der Waals surface area contributed by atoms with Gasteiger partial charge in [0.05, 0.1) is 16.3 Å². The summed E-state index contributed by atoms with van der Waals surface area (Å²) in [5, 5.41) is 15.5. The SMILES string of the molecule is Cc1cc(=O)c2c(C)nn(-c3cccc([N+](=O)[O-])c3)c2o1. The maximum atomic E-state index is 12.0. The van der Waals surface area contributed by atoms with E-state index in [9.17, 15) is 14.9 Å². The van der Waals surface area contributed by atoms with Gasteiger partial charge in [-0.1, -0.05) is 6.07 Å². The van der Waals surface area contributed by atoms with Gasteiger partial charge in [0.1, 0.15) is 11.1 Å². The molecule has 0 saturated carbocycles. The summed E-state index contributed by atoms with van der Waals surface area (Å²) in [6.45, 7) is 3.36. The molecule has 0 spiro atoms. The van der Waals surface area contributed by atoms with E-state index in [1.54, 1.807) is 26.0 Å². The molecule has 0 aliphatic carbocycles. The summed E-state index contributed by atoms with van der Waals surface area (Å²) in [4.78, 5) is 22.4. The standard InChI is InChI=1S/C14H11N3O4/c1-8-6-12(18)13-9(2)15-16(14(13)21-8)10-4-3-5-11(7-10)17(19)20/h3-7H,1-2H3. The van der Waals surface area contributed by atoms with Crippen LogP contribution in [-0.4, -0.2) is 14.7 Å². The lowest BCUT2D eigenvalue weighted by atomic mass is 10.2. The molecule has 0 amide bonds. The third-order valence-electron chi connectivity index (χ3n) is 3.14. The Morgan fingerprint density at radius 1 is 1.29 bits per heavy atom. The molecule has 0 aliphatic heterocycles. The number of aromatic nitrogens is 2. The number of fused-ring (bicyclic) bond motifs is 1. The van der Waals surface area contributed by atoms with Crippen molar-refractivity contribution < 1.29 is 9.34 Å². The van der Waals surface area contributed by atoms with Crippen LogP contribution in [0.15, 0.2) is 39.5 Å². The minimum Gasteiger partial charge on any atom is -0.443 e. The third-order valence-corrected chi connectivity index (χ3v) is 3.14. The monoisotopic (exact) mass is 285 g/mol. The zero-order valence-electron chi connectivity index (χ0n) is 11.4. The normalized spacial score (nSPS) is 11.0. The average Bonchev–Trinajstić information content (AvgIpc) is 2.76. The van der Waals surface area contributed by atoms with E-state index < -0.39 is 4.92 Å². The zero-order valence-corrected chi connectivity index (χ0v) is 11.4. The molecule has 7 heteroatoms. The van der Waals surface area contributed by atoms with Gasteiger partial charge in [-0.2, -0.15) is 9.78 Å². The molecular formula is C14H11N3O4. The van der Waals surface area contributed by atoms with Crippen LogP contribution in [0.25, 0.3) is 16.8 Å². The molecule has 0 radical (unpaired) electrons. The fourth-order valence-corrected chi connectivity index (χ4v) is 2.24. The summed E-state index contributed by atoms with van der Waals surface area (Å²) in [5.74, 6) is 0.457. The molecule has 2 heterocycles. The van der Waals surface area contributed by atoms with Crippen molar-refractivity contribution in [2.75, 3.05) is 0 Å². The minimum absolute atomic E-state index is 0.0520. The van der Waals surface area contributed by atoms with E-state index in [0.29, 0.717) is 22.5 Å². The predicted octanol–water partition coefficient (Wildman–Crippen LogP) is 2.50. The number of nitrogens with zero attached hydrogens (tertiary/aromatic N) is 3. The van der Waals surface area contributed by atoms with E-state index in [4.69, 9.17) is 4.42 Å². The van der Waals surface area contributed by atoms with Crippen LogP contribution in [0.4, 0.5) is 5.69 Å². The Bertz CT molecular complexity index is 924. The van der Waals surface area contributed by atoms with Crippen LogP contribution < -0.4 is 5.43 Å². The molecule has 0 saturated heterocycles. The van der Waals surface area contributed by atoms with Crippen LogP contribution in [0.2, 0.25) is 0 Å². The molecule has 0 aliphatic rings. The summed E-state index contributed by atoms with van der Waals surface area (Å²) >= 11 is 0. The third kappa shape index (κ3) is 2.08. The van der Waals surface area contributed by atoms with Gasteiger partial charge in [-0.15, -0.1) is 0 Å². The molecular weight excluding hydrogens is 274 g/mol. The largest absolute Gasteiger partial charge is 0.443 e. The molecule has 0 bridgehead atoms. The highest BCUT2D eigenvalue weighted by Crippen LogP contribution is 2.22. The van der Waals surface area contributed by atoms with Crippen LogP contribution in [0, 0.1) is 24.0 Å². The highest BCUT2D eigenvalue weighted by molar-refractivity contribution is 5.78. The van der Waals surface area contributed by atoms with E-state index in [2.05, 4.69) is 5.10 Å². The van der Waals surface area contributed by atoms with Crippen LogP contribution in [0.1, 0.15) is 11.5 Å². The van der Waals surface area contributed by atoms with E-state index in [-0.39, 0.29) is 16.8 Å². The summed E-state index contributed by atoms with van der Waals surface area (Å²) in [5.41, 5.74) is 1.05. The second-order valence-corrected chi connectivity index (χ2v) is 4.68. The average molecular weight is 285 g/mol. The maximum Gasteiger partial charge on any atom is 0.271 e. The first kappa shape index (κ1) is 13.0. The Hall–Kier alpha value is -2.96. The van der Waals surface area contributed by atoms with Crippen molar-refractivity contribution in [3.8, 4) is 5.69 Å². The van der Waals surface area contributed by atoms with Crippen molar-refractivity contribution in [3.63, 3.8) is 0 Å². The molecule has 3 aromatic rings. The van der Waals surface area contributed by atoms with Gasteiger partial charge in [0.25, 0.3) is 5.69 Å². The molecule has 0 unspecified atom stereocenters. The summed E-state index contributed by atoms with van der Waals surface area (Å²) < 4.78 is 6.99. The van der Waals surface area contributed by atoms with E-state index in [0.717, 1.165) is 0 Å². The van der Waals surface area contributed by atoms with Crippen LogP contribution in [0.5, 0.6) is 0 Å². The van der Waals surface area contributed by atoms with Crippen molar-refractivity contribution in [1.29, 1.82) is 0 Å². The van der Waals surface area contributed by atoms with Gasteiger partial charge in [-0.3, -0.25) is 14.9 Å². The number of nitro benzene ring substituents is 1. The smallest absolute Gasteiger partial charge is 0.271 e. The summed E-state index contributed by atoms with van der Waals surface area (Å²) in [7, 11) is 0. The van der Waals surface area contributed by atoms with Crippen molar-refractivity contribution in [3.05, 3.63) is 62.1 Å². The second-order valence-electron chi connectivity index (χ2n) is 4.68. The number of hydrogen-bond donors (Lipinski definition) is 0. The lowest BCUT2D eigenvalue weighted by Gasteiger charge is -2.02. The molecule has 1 aromatic carbocycles. The molecule has 0 atom stereocenters. The highest BCUT2D eigenvalue weighted by Gasteiger charge is 2.16. The fraction of sp³-hybridized carbons (Fsp3) is 0.143. The predicted molar refractivity (Wildman–Crippen MR) is 75.7 cm³/mol. The Morgan fingerprint density at radius 3 is 2.76 bits per heavy atom. The Labute approximate surface area is 118 Å². The summed E-state index contributed by atoms with van der Waals surface area (Å²) in [6, 6.07) is 7.40. The van der Waals surface area contributed by atoms with Crippen LogP contribution in [0.3, 0.4) is 0 Å². The summed E-state index contributed by atoms with van der Waals surface area (Å²) in [6.07, 6.45) is 0. The van der Waals surface area contributed by atoms with Crippen LogP contribution >= 0.6 is 0 Å². The minimum atomic E-state index is -0.483. The molecule has 7 nitrogen and oxygen atoms in total. The lowest BCUT2D eigenvalue weighted by molar-refractivity contribution is -0.384. The van der Waals surface area contributed by atoms with E-state index >= 15 is 0 Å². The van der Waals surface area contributed by atoms with Crippen LogP contribution in [-0.2, 0) is 0 Å². The van der Waals surface area contributed by atoms with Gasteiger partial charge in [-0.05, 0) is 19.9 Å². The van der Waals surface area contributed by atoms with E-state index in [1.165, 1.54) is 22.9 Å². The van der Waals surface area contributed by atoms with Gasteiger partial charge in [0.2, 0.25) is 5.71 Å². The quantitative estimate of drug-likeness (QED) is 0.533. The highest BCUT2D eigenvalue weighted by atomic mass is 16.6. The number of benzene rings is 1. The van der Waals surface area contributed by atoms with Gasteiger partial charge in [-0.25, -0.2) is 0 Å². The number of non-ortho nitro benzene ring substituents is 1. The molecule has 2 aromatic heterocycles. The Kier molecular flexibility index (Phi) is 2.83. The molecule has 0 N–H and O–H groups in total. The van der Waals surface area contributed by atoms with Gasteiger partial charge in [0.15, 0.2) is 5.43 Å². The van der Waals surface area contributed by atoms with Crippen molar-refractivity contribution in [2.45, 2.75) is 13.8 Å². The van der Waals surface area contributed by atoms with Gasteiger partial charge in [0, 0.05) is 18.2 Å². The Morgan fingerprint density at radius 2 is 2.05 bits per heavy atom. The second kappa shape index (κ2) is 4.55. The molecule has 21 heavy (non-hydrogen) atoms. The number of rotatable bonds is 2. The lowest BCUT2D eigenvalue weighted by Crippen LogP contribution is -2.02. The fourth-order valence-electron chi connectivity index (χ4n) is 2.24. The first-order chi connectivity index (χ1) is 9.97. The van der Waals surface area contributed by atoms with Gasteiger partial charge >= 0.3 is 0 Å². The number of nitro groups is 1. The molecule has 0 fully saturated rings. The van der Waals surface area contributed by atoms with Crippen molar-refractivity contribution >= 4 is 16.8 Å². The van der Waals surface area contributed by atoms with E-state index in [1.807, 2.05) is 0 Å². The molecule has 3 rings (SSSR count). The maximum absolute atomic E-state index is 12.0. The molecule has 106 valence electrons. The van der Waals surface area contributed by atoms with Crippen molar-refractivity contribution in [1.82, 2.24) is 9.78 Å². The topological polar surface area (TPSA) is 91.2 Å². The zero-order chi connectivity index (χ0) is 15.1. The first-order valence-corrected chi connectivity index (χ1v) is 6.22. The number of hydrogen-bond acceptors (Lipinski definition) is 5. The number of aryl methyl sites for hydroxylation is 2. The van der Waals surface area contributed by atoms with Crippen molar-refractivity contribution in [2.24, 2.45) is 0 Å². The first-order valence-electron chi connectivity index (χ1n) is 6.22.